The number of H-pyrrole nitrogens is 1. The van der Waals surface area contributed by atoms with Crippen LogP contribution in [0.2, 0.25) is 10.0 Å². The van der Waals surface area contributed by atoms with Crippen LogP contribution in [0, 0.1) is 11.3 Å². The van der Waals surface area contributed by atoms with E-state index >= 15 is 0 Å². The molecule has 0 amide bonds. The van der Waals surface area contributed by atoms with Gasteiger partial charge in [0.25, 0.3) is 0 Å². The number of allylic oxidation sites excluding steroid dienone is 1. The van der Waals surface area contributed by atoms with Gasteiger partial charge in [-0.3, -0.25) is 0 Å². The summed E-state index contributed by atoms with van der Waals surface area (Å²) in [4.78, 5) is 7.65. The largest absolute Gasteiger partial charge is 0.493 e. The Bertz CT molecular complexity index is 1270. The van der Waals surface area contributed by atoms with Crippen molar-refractivity contribution in [2.45, 2.75) is 6.61 Å². The molecular formula is C24H17Cl2N3O2. The van der Waals surface area contributed by atoms with Crippen molar-refractivity contribution in [1.29, 1.82) is 5.26 Å². The van der Waals surface area contributed by atoms with Gasteiger partial charge in [-0.25, -0.2) is 4.98 Å². The Hall–Kier alpha value is -3.46. The molecule has 31 heavy (non-hydrogen) atoms. The molecule has 0 atom stereocenters. The maximum absolute atomic E-state index is 9.67. The van der Waals surface area contributed by atoms with E-state index in [4.69, 9.17) is 32.7 Å². The Morgan fingerprint density at radius 2 is 1.90 bits per heavy atom. The smallest absolute Gasteiger partial charge is 0.180 e. The van der Waals surface area contributed by atoms with Crippen molar-refractivity contribution in [3.63, 3.8) is 0 Å². The molecular weight excluding hydrogens is 433 g/mol. The van der Waals surface area contributed by atoms with E-state index in [1.165, 1.54) is 0 Å². The third-order valence-electron chi connectivity index (χ3n) is 4.62. The van der Waals surface area contributed by atoms with Crippen LogP contribution in [0.3, 0.4) is 0 Å². The number of hydrogen-bond donors (Lipinski definition) is 1. The summed E-state index contributed by atoms with van der Waals surface area (Å²) in [5.74, 6) is 1.38. The molecule has 0 aliphatic carbocycles. The van der Waals surface area contributed by atoms with E-state index < -0.39 is 0 Å². The molecule has 0 aliphatic heterocycles. The molecule has 0 saturated carbocycles. The first-order valence-corrected chi connectivity index (χ1v) is 10.1. The van der Waals surface area contributed by atoms with Crippen molar-refractivity contribution in [2.75, 3.05) is 7.11 Å². The van der Waals surface area contributed by atoms with Gasteiger partial charge < -0.3 is 14.5 Å². The van der Waals surface area contributed by atoms with Gasteiger partial charge in [-0.15, -0.1) is 0 Å². The van der Waals surface area contributed by atoms with Gasteiger partial charge in [-0.1, -0.05) is 47.5 Å². The van der Waals surface area contributed by atoms with Crippen molar-refractivity contribution in [1.82, 2.24) is 9.97 Å². The van der Waals surface area contributed by atoms with Crippen LogP contribution in [0.4, 0.5) is 0 Å². The summed E-state index contributed by atoms with van der Waals surface area (Å²) in [6.07, 6.45) is 1.70. The lowest BCUT2D eigenvalue weighted by molar-refractivity contribution is 0.284. The van der Waals surface area contributed by atoms with Crippen LogP contribution in [-0.4, -0.2) is 17.1 Å². The molecule has 0 radical (unpaired) electrons. The molecule has 4 rings (SSSR count). The molecule has 4 aromatic rings. The fourth-order valence-corrected chi connectivity index (χ4v) is 3.50. The highest BCUT2D eigenvalue weighted by molar-refractivity contribution is 6.32. The molecule has 5 nitrogen and oxygen atoms in total. The second-order valence-corrected chi connectivity index (χ2v) is 7.57. The van der Waals surface area contributed by atoms with Crippen molar-refractivity contribution in [3.8, 4) is 17.6 Å². The maximum Gasteiger partial charge on any atom is 0.180 e. The minimum atomic E-state index is 0.310. The Kier molecular flexibility index (Phi) is 6.13. The molecule has 3 aromatic carbocycles. The third-order valence-corrected chi connectivity index (χ3v) is 5.16. The summed E-state index contributed by atoms with van der Waals surface area (Å²) in [6.45, 7) is 0.310. The number of aromatic nitrogens is 2. The van der Waals surface area contributed by atoms with Gasteiger partial charge in [0.1, 0.15) is 18.5 Å². The molecule has 0 fully saturated rings. The van der Waals surface area contributed by atoms with Crippen molar-refractivity contribution >= 4 is 45.9 Å². The Morgan fingerprint density at radius 1 is 1.13 bits per heavy atom. The van der Waals surface area contributed by atoms with E-state index in [0.29, 0.717) is 45.1 Å². The van der Waals surface area contributed by atoms with Gasteiger partial charge in [0.2, 0.25) is 0 Å². The van der Waals surface area contributed by atoms with Crippen LogP contribution in [-0.2, 0) is 6.61 Å². The third kappa shape index (κ3) is 4.66. The summed E-state index contributed by atoms with van der Waals surface area (Å²) >= 11 is 12.4. The number of nitrogens with one attached hydrogen (secondary N) is 1. The number of nitriles is 1. The lowest BCUT2D eigenvalue weighted by Crippen LogP contribution is -1.99. The number of rotatable bonds is 6. The predicted molar refractivity (Wildman–Crippen MR) is 123 cm³/mol. The van der Waals surface area contributed by atoms with Gasteiger partial charge in [-0.2, -0.15) is 5.26 Å². The Balaban J connectivity index is 1.63. The number of nitrogens with zero attached hydrogens (tertiary/aromatic N) is 2. The molecule has 0 aliphatic rings. The number of hydrogen-bond acceptors (Lipinski definition) is 4. The number of halogens is 2. The van der Waals surface area contributed by atoms with Crippen LogP contribution in [0.15, 0.2) is 60.7 Å². The number of benzene rings is 3. The standard InChI is InChI=1S/C24H17Cl2N3O2/c1-30-22-12-16(10-17(13-27)24-28-20-4-2-3-5-21(20)29-24)11-19(26)23(22)31-14-15-6-8-18(25)9-7-15/h2-12H,14H2,1H3,(H,28,29). The molecule has 1 aromatic heterocycles. The van der Waals surface area contributed by atoms with E-state index in [1.54, 1.807) is 37.5 Å². The Labute approximate surface area is 189 Å². The fraction of sp³-hybridized carbons (Fsp3) is 0.0833. The van der Waals surface area contributed by atoms with Gasteiger partial charge in [0.15, 0.2) is 11.5 Å². The average Bonchev–Trinajstić information content (AvgIpc) is 3.21. The highest BCUT2D eigenvalue weighted by Gasteiger charge is 2.14. The molecule has 0 spiro atoms. The minimum absolute atomic E-state index is 0.310. The van der Waals surface area contributed by atoms with Crippen LogP contribution in [0.25, 0.3) is 22.7 Å². The minimum Gasteiger partial charge on any atom is -0.493 e. The van der Waals surface area contributed by atoms with Gasteiger partial charge in [-0.05, 0) is 53.6 Å². The summed E-state index contributed by atoms with van der Waals surface area (Å²) in [5, 5.41) is 10.7. The second-order valence-electron chi connectivity index (χ2n) is 6.72. The maximum atomic E-state index is 9.67. The highest BCUT2D eigenvalue weighted by Crippen LogP contribution is 2.38. The molecule has 0 unspecified atom stereocenters. The van der Waals surface area contributed by atoms with Crippen molar-refractivity contribution in [2.24, 2.45) is 0 Å². The van der Waals surface area contributed by atoms with Crippen LogP contribution >= 0.6 is 23.2 Å². The molecule has 1 heterocycles. The van der Waals surface area contributed by atoms with E-state index in [1.807, 2.05) is 36.4 Å². The first-order chi connectivity index (χ1) is 15.1. The van der Waals surface area contributed by atoms with Gasteiger partial charge >= 0.3 is 0 Å². The first-order valence-electron chi connectivity index (χ1n) is 9.39. The zero-order chi connectivity index (χ0) is 21.8. The predicted octanol–water partition coefficient (Wildman–Crippen LogP) is 6.52. The summed E-state index contributed by atoms with van der Waals surface area (Å²) < 4.78 is 11.4. The summed E-state index contributed by atoms with van der Waals surface area (Å²) in [6, 6.07) is 20.7. The number of aromatic amines is 1. The average molecular weight is 450 g/mol. The fourth-order valence-electron chi connectivity index (χ4n) is 3.10. The highest BCUT2D eigenvalue weighted by atomic mass is 35.5. The molecule has 154 valence electrons. The van der Waals surface area contributed by atoms with Crippen molar-refractivity contribution in [3.05, 3.63) is 87.7 Å². The van der Waals surface area contributed by atoms with Gasteiger partial charge in [0, 0.05) is 5.02 Å². The zero-order valence-electron chi connectivity index (χ0n) is 16.5. The molecule has 0 bridgehead atoms. The molecule has 7 heteroatoms. The van der Waals surface area contributed by atoms with Crippen molar-refractivity contribution < 1.29 is 9.47 Å². The summed E-state index contributed by atoms with van der Waals surface area (Å²) in [5.41, 5.74) is 3.67. The number of fused-ring (bicyclic) bond motifs is 1. The number of imidazole rings is 1. The number of para-hydroxylation sites is 2. The lowest BCUT2D eigenvalue weighted by Gasteiger charge is -2.13. The molecule has 0 saturated heterocycles. The Morgan fingerprint density at radius 3 is 2.61 bits per heavy atom. The van der Waals surface area contributed by atoms with E-state index in [2.05, 4.69) is 16.0 Å². The topological polar surface area (TPSA) is 70.9 Å². The van der Waals surface area contributed by atoms with Crippen LogP contribution in [0.1, 0.15) is 17.0 Å². The lowest BCUT2D eigenvalue weighted by atomic mass is 10.1. The first kappa shape index (κ1) is 20.8. The van der Waals surface area contributed by atoms with E-state index in [0.717, 1.165) is 16.6 Å². The van der Waals surface area contributed by atoms with Crippen LogP contribution in [0.5, 0.6) is 11.5 Å². The van der Waals surface area contributed by atoms with E-state index in [-0.39, 0.29) is 0 Å². The van der Waals surface area contributed by atoms with Gasteiger partial charge in [0.05, 0.1) is 28.7 Å². The normalized spacial score (nSPS) is 11.4. The second kappa shape index (κ2) is 9.13. The van der Waals surface area contributed by atoms with Crippen LogP contribution < -0.4 is 9.47 Å². The zero-order valence-corrected chi connectivity index (χ0v) is 18.0. The molecule has 1 N–H and O–H groups in total. The number of methoxy groups -OCH3 is 1. The summed E-state index contributed by atoms with van der Waals surface area (Å²) in [7, 11) is 1.54. The monoisotopic (exact) mass is 449 g/mol. The number of ether oxygens (including phenoxy) is 2. The SMILES string of the molecule is COc1cc(C=C(C#N)c2nc3ccccc3[nH]2)cc(Cl)c1OCc1ccc(Cl)cc1. The van der Waals surface area contributed by atoms with E-state index in [9.17, 15) is 5.26 Å². The quantitative estimate of drug-likeness (QED) is 0.340.